The van der Waals surface area contributed by atoms with E-state index >= 15 is 0 Å². The zero-order chi connectivity index (χ0) is 18.2. The first-order valence-corrected chi connectivity index (χ1v) is 7.34. The van der Waals surface area contributed by atoms with E-state index in [-0.39, 0.29) is 16.8 Å². The zero-order valence-electron chi connectivity index (χ0n) is 13.1. The van der Waals surface area contributed by atoms with Crippen molar-refractivity contribution in [3.8, 4) is 0 Å². The number of benzene rings is 2. The van der Waals surface area contributed by atoms with Crippen molar-refractivity contribution in [1.29, 1.82) is 0 Å². The standard InChI is InChI=1S/C18H13F3N2O2/c1-23-10-15(13-7-2-3-8-14(13)17(23)25)16(24)22-12-6-4-5-11(9-12)18(19,20)21/h2-10H,1H3,(H,22,24). The lowest BCUT2D eigenvalue weighted by Crippen LogP contribution is -2.21. The number of rotatable bonds is 2. The molecule has 3 aromatic rings. The maximum atomic E-state index is 12.8. The van der Waals surface area contributed by atoms with Gasteiger partial charge in [-0.15, -0.1) is 0 Å². The molecule has 25 heavy (non-hydrogen) atoms. The third-order valence-electron chi connectivity index (χ3n) is 3.78. The summed E-state index contributed by atoms with van der Waals surface area (Å²) < 4.78 is 39.6. The highest BCUT2D eigenvalue weighted by Crippen LogP contribution is 2.30. The van der Waals surface area contributed by atoms with E-state index < -0.39 is 17.6 Å². The normalized spacial score (nSPS) is 11.5. The minimum absolute atomic E-state index is 0.0257. The van der Waals surface area contributed by atoms with E-state index in [1.807, 2.05) is 0 Å². The van der Waals surface area contributed by atoms with E-state index in [1.165, 1.54) is 29.9 Å². The van der Waals surface area contributed by atoms with Crippen LogP contribution in [-0.4, -0.2) is 10.5 Å². The third kappa shape index (κ3) is 3.26. The number of anilines is 1. The Morgan fingerprint density at radius 1 is 1.04 bits per heavy atom. The van der Waals surface area contributed by atoms with Crippen molar-refractivity contribution in [3.63, 3.8) is 0 Å². The number of carbonyl (C=O) groups is 1. The number of aromatic nitrogens is 1. The van der Waals surface area contributed by atoms with E-state index in [9.17, 15) is 22.8 Å². The average Bonchev–Trinajstić information content (AvgIpc) is 2.57. The summed E-state index contributed by atoms with van der Waals surface area (Å²) in [4.78, 5) is 24.7. The van der Waals surface area contributed by atoms with Gasteiger partial charge in [0.15, 0.2) is 0 Å². The van der Waals surface area contributed by atoms with Crippen molar-refractivity contribution >= 4 is 22.4 Å². The van der Waals surface area contributed by atoms with Crippen LogP contribution in [0.1, 0.15) is 15.9 Å². The molecule has 0 aliphatic rings. The van der Waals surface area contributed by atoms with Gasteiger partial charge >= 0.3 is 6.18 Å². The van der Waals surface area contributed by atoms with E-state index in [0.717, 1.165) is 12.1 Å². The second-order valence-corrected chi connectivity index (χ2v) is 5.54. The second-order valence-electron chi connectivity index (χ2n) is 5.54. The molecule has 1 aromatic heterocycles. The number of hydrogen-bond donors (Lipinski definition) is 1. The molecule has 0 bridgehead atoms. The molecule has 0 unspecified atom stereocenters. The number of amides is 1. The van der Waals surface area contributed by atoms with Crippen LogP contribution in [0.25, 0.3) is 10.8 Å². The zero-order valence-corrected chi connectivity index (χ0v) is 13.1. The Bertz CT molecular complexity index is 1020. The summed E-state index contributed by atoms with van der Waals surface area (Å²) in [5.41, 5.74) is -0.880. The van der Waals surface area contributed by atoms with Gasteiger partial charge in [0.2, 0.25) is 0 Å². The first-order valence-electron chi connectivity index (χ1n) is 7.34. The highest BCUT2D eigenvalue weighted by Gasteiger charge is 2.30. The minimum atomic E-state index is -4.50. The lowest BCUT2D eigenvalue weighted by Gasteiger charge is -2.12. The van der Waals surface area contributed by atoms with Gasteiger partial charge in [0.05, 0.1) is 11.1 Å². The van der Waals surface area contributed by atoms with Crippen LogP contribution in [0.5, 0.6) is 0 Å². The molecular weight excluding hydrogens is 333 g/mol. The molecule has 1 heterocycles. The highest BCUT2D eigenvalue weighted by atomic mass is 19.4. The van der Waals surface area contributed by atoms with Crippen molar-refractivity contribution in [3.05, 3.63) is 76.2 Å². The summed E-state index contributed by atoms with van der Waals surface area (Å²) in [5, 5.41) is 3.26. The predicted molar refractivity (Wildman–Crippen MR) is 88.6 cm³/mol. The van der Waals surface area contributed by atoms with Crippen LogP contribution in [0.3, 0.4) is 0 Å². The molecule has 0 fully saturated rings. The molecule has 0 saturated carbocycles. The Morgan fingerprint density at radius 2 is 1.72 bits per heavy atom. The predicted octanol–water partition coefficient (Wildman–Crippen LogP) is 3.81. The number of pyridine rings is 1. The molecule has 0 spiro atoms. The average molecular weight is 346 g/mol. The molecule has 2 aromatic carbocycles. The van der Waals surface area contributed by atoms with E-state index in [1.54, 1.807) is 24.3 Å². The van der Waals surface area contributed by atoms with Crippen LogP contribution in [0.2, 0.25) is 0 Å². The Kier molecular flexibility index (Phi) is 4.08. The van der Waals surface area contributed by atoms with Crippen LogP contribution in [-0.2, 0) is 13.2 Å². The van der Waals surface area contributed by atoms with Crippen LogP contribution in [0.15, 0.2) is 59.5 Å². The van der Waals surface area contributed by atoms with Crippen LogP contribution in [0.4, 0.5) is 18.9 Å². The summed E-state index contributed by atoms with van der Waals surface area (Å²) in [6.07, 6.45) is -3.13. The smallest absolute Gasteiger partial charge is 0.322 e. The molecule has 4 nitrogen and oxygen atoms in total. The van der Waals surface area contributed by atoms with E-state index in [4.69, 9.17) is 0 Å². The molecule has 0 aliphatic heterocycles. The maximum Gasteiger partial charge on any atom is 0.416 e. The van der Waals surface area contributed by atoms with Gasteiger partial charge in [0.25, 0.3) is 11.5 Å². The Labute approximate surface area is 140 Å². The van der Waals surface area contributed by atoms with Gasteiger partial charge in [0.1, 0.15) is 0 Å². The topological polar surface area (TPSA) is 51.1 Å². The number of nitrogens with one attached hydrogen (secondary N) is 1. The fourth-order valence-corrected chi connectivity index (χ4v) is 2.57. The van der Waals surface area contributed by atoms with Gasteiger partial charge in [0, 0.05) is 29.7 Å². The lowest BCUT2D eigenvalue weighted by molar-refractivity contribution is -0.137. The molecule has 128 valence electrons. The molecule has 0 saturated heterocycles. The summed E-state index contributed by atoms with van der Waals surface area (Å²) in [5.74, 6) is -0.592. The second kappa shape index (κ2) is 6.08. The number of fused-ring (bicyclic) bond motifs is 1. The highest BCUT2D eigenvalue weighted by molar-refractivity contribution is 6.12. The lowest BCUT2D eigenvalue weighted by atomic mass is 10.1. The van der Waals surface area contributed by atoms with Gasteiger partial charge in [-0.1, -0.05) is 24.3 Å². The monoisotopic (exact) mass is 346 g/mol. The number of alkyl halides is 3. The van der Waals surface area contributed by atoms with E-state index in [0.29, 0.717) is 10.8 Å². The van der Waals surface area contributed by atoms with E-state index in [2.05, 4.69) is 5.32 Å². The largest absolute Gasteiger partial charge is 0.416 e. The fourth-order valence-electron chi connectivity index (χ4n) is 2.57. The van der Waals surface area contributed by atoms with Gasteiger partial charge in [-0.2, -0.15) is 13.2 Å². The van der Waals surface area contributed by atoms with Gasteiger partial charge < -0.3 is 9.88 Å². The van der Waals surface area contributed by atoms with Crippen molar-refractivity contribution in [2.75, 3.05) is 5.32 Å². The molecule has 3 rings (SSSR count). The molecule has 1 N–H and O–H groups in total. The minimum Gasteiger partial charge on any atom is -0.322 e. The SMILES string of the molecule is Cn1cc(C(=O)Nc2cccc(C(F)(F)F)c2)c2ccccc2c1=O. The number of carbonyl (C=O) groups excluding carboxylic acids is 1. The quantitative estimate of drug-likeness (QED) is 0.767. The number of halogens is 3. The van der Waals surface area contributed by atoms with Gasteiger partial charge in [-0.05, 0) is 24.3 Å². The number of nitrogens with zero attached hydrogens (tertiary/aromatic N) is 1. The molecular formula is C18H13F3N2O2. The van der Waals surface area contributed by atoms with Crippen molar-refractivity contribution < 1.29 is 18.0 Å². The van der Waals surface area contributed by atoms with Crippen LogP contribution < -0.4 is 10.9 Å². The van der Waals surface area contributed by atoms with Gasteiger partial charge in [-0.25, -0.2) is 0 Å². The van der Waals surface area contributed by atoms with Crippen molar-refractivity contribution in [2.45, 2.75) is 6.18 Å². The summed E-state index contributed by atoms with van der Waals surface area (Å²) in [6.45, 7) is 0. The molecule has 0 aliphatic carbocycles. The molecule has 0 atom stereocenters. The van der Waals surface area contributed by atoms with Gasteiger partial charge in [-0.3, -0.25) is 9.59 Å². The third-order valence-corrected chi connectivity index (χ3v) is 3.78. The van der Waals surface area contributed by atoms with Crippen LogP contribution >= 0.6 is 0 Å². The Morgan fingerprint density at radius 3 is 2.40 bits per heavy atom. The van der Waals surface area contributed by atoms with Crippen molar-refractivity contribution in [2.24, 2.45) is 7.05 Å². The Balaban J connectivity index is 2.02. The fraction of sp³-hybridized carbons (Fsp3) is 0.111. The summed E-state index contributed by atoms with van der Waals surface area (Å²) in [6, 6.07) is 11.0. The number of aryl methyl sites for hydroxylation is 1. The number of hydrogen-bond acceptors (Lipinski definition) is 2. The first-order chi connectivity index (χ1) is 11.8. The molecule has 0 radical (unpaired) electrons. The summed E-state index contributed by atoms with van der Waals surface area (Å²) >= 11 is 0. The van der Waals surface area contributed by atoms with Crippen LogP contribution in [0, 0.1) is 0 Å². The molecule has 1 amide bonds. The first kappa shape index (κ1) is 16.8. The summed E-state index contributed by atoms with van der Waals surface area (Å²) in [7, 11) is 1.51. The molecule has 7 heteroatoms. The van der Waals surface area contributed by atoms with Crippen molar-refractivity contribution in [1.82, 2.24) is 4.57 Å². The Hall–Kier alpha value is -3.09. The maximum absolute atomic E-state index is 12.8.